The van der Waals surface area contributed by atoms with Gasteiger partial charge in [0.1, 0.15) is 0 Å². The first-order chi connectivity index (χ1) is 9.23. The van der Waals surface area contributed by atoms with Gasteiger partial charge in [0.15, 0.2) is 0 Å². The predicted octanol–water partition coefficient (Wildman–Crippen LogP) is 2.67. The number of carbonyl (C=O) groups is 3. The summed E-state index contributed by atoms with van der Waals surface area (Å²) in [7, 11) is 0. The maximum absolute atomic E-state index is 12.0. The number of hydrogen-bond donors (Lipinski definition) is 2. The topological polar surface area (TPSA) is 84.5 Å². The van der Waals surface area contributed by atoms with E-state index in [1.54, 1.807) is 6.07 Å². The number of rotatable bonds is 2. The molecular formula is C11H9I3N2O4. The Hall–Kier alpha value is -0.180. The Morgan fingerprint density at radius 2 is 1.65 bits per heavy atom. The van der Waals surface area contributed by atoms with Crippen LogP contribution in [0.3, 0.4) is 0 Å². The molecule has 1 aromatic rings. The van der Waals surface area contributed by atoms with Crippen LogP contribution >= 0.6 is 67.8 Å². The van der Waals surface area contributed by atoms with E-state index in [-0.39, 0.29) is 5.91 Å². The zero-order valence-corrected chi connectivity index (χ0v) is 16.8. The van der Waals surface area contributed by atoms with Gasteiger partial charge in [-0.3, -0.25) is 9.59 Å². The van der Waals surface area contributed by atoms with E-state index in [2.05, 4.69) is 32.7 Å². The Bertz CT molecular complexity index is 590. The van der Waals surface area contributed by atoms with E-state index in [4.69, 9.17) is 0 Å². The fraction of sp³-hybridized carbons (Fsp3) is 0.182. The number of hydroxylamine groups is 1. The minimum absolute atomic E-state index is 0.233. The molecule has 1 aromatic carbocycles. The number of benzene rings is 1. The molecule has 0 saturated carbocycles. The average molecular weight is 614 g/mol. The lowest BCUT2D eigenvalue weighted by molar-refractivity contribution is -0.127. The minimum atomic E-state index is -0.683. The minimum Gasteiger partial charge on any atom is -0.335 e. The van der Waals surface area contributed by atoms with Crippen molar-refractivity contribution in [2.24, 2.45) is 0 Å². The van der Waals surface area contributed by atoms with Crippen molar-refractivity contribution in [2.75, 3.05) is 5.32 Å². The molecular weight excluding hydrogens is 605 g/mol. The SMILES string of the molecule is CC(=O)NOC(=O)c1c(I)cc(I)c(NC(C)=O)c1I. The third-order valence-electron chi connectivity index (χ3n) is 1.96. The zero-order chi connectivity index (χ0) is 15.4. The normalized spacial score (nSPS) is 9.85. The van der Waals surface area contributed by atoms with Gasteiger partial charge in [0, 0.05) is 21.0 Å². The van der Waals surface area contributed by atoms with Gasteiger partial charge < -0.3 is 10.2 Å². The number of hydrogen-bond acceptors (Lipinski definition) is 4. The van der Waals surface area contributed by atoms with Gasteiger partial charge in [0.2, 0.25) is 11.8 Å². The van der Waals surface area contributed by atoms with E-state index >= 15 is 0 Å². The number of halogens is 3. The van der Waals surface area contributed by atoms with Crippen LogP contribution in [0.15, 0.2) is 6.07 Å². The molecule has 20 heavy (non-hydrogen) atoms. The van der Waals surface area contributed by atoms with E-state index in [1.165, 1.54) is 13.8 Å². The molecule has 2 N–H and O–H groups in total. The maximum atomic E-state index is 12.0. The molecule has 0 aliphatic carbocycles. The van der Waals surface area contributed by atoms with Crippen molar-refractivity contribution in [3.05, 3.63) is 22.3 Å². The Morgan fingerprint density at radius 1 is 1.05 bits per heavy atom. The molecule has 0 fully saturated rings. The van der Waals surface area contributed by atoms with Gasteiger partial charge in [-0.2, -0.15) is 5.48 Å². The zero-order valence-electron chi connectivity index (χ0n) is 10.3. The molecule has 1 rings (SSSR count). The highest BCUT2D eigenvalue weighted by Crippen LogP contribution is 2.32. The van der Waals surface area contributed by atoms with Crippen molar-refractivity contribution >= 4 is 91.2 Å². The Kier molecular flexibility index (Phi) is 6.90. The van der Waals surface area contributed by atoms with E-state index in [0.717, 1.165) is 3.57 Å². The molecule has 0 aliphatic heterocycles. The van der Waals surface area contributed by atoms with Crippen molar-refractivity contribution in [3.8, 4) is 0 Å². The third-order valence-corrected chi connectivity index (χ3v) is 4.74. The summed E-state index contributed by atoms with van der Waals surface area (Å²) < 4.78 is 2.04. The second kappa shape index (κ2) is 7.72. The largest absolute Gasteiger partial charge is 0.365 e. The lowest BCUT2D eigenvalue weighted by Gasteiger charge is -2.13. The first-order valence-electron chi connectivity index (χ1n) is 5.16. The number of anilines is 1. The lowest BCUT2D eigenvalue weighted by Crippen LogP contribution is -2.26. The second-order valence-corrected chi connectivity index (χ2v) is 7.04. The van der Waals surface area contributed by atoms with Crippen LogP contribution in [0.4, 0.5) is 5.69 Å². The highest BCUT2D eigenvalue weighted by atomic mass is 127. The molecule has 9 heteroatoms. The highest BCUT2D eigenvalue weighted by Gasteiger charge is 2.22. The molecule has 6 nitrogen and oxygen atoms in total. The molecule has 0 aromatic heterocycles. The summed E-state index contributed by atoms with van der Waals surface area (Å²) in [5.74, 6) is -1.39. The molecule has 2 amide bonds. The van der Waals surface area contributed by atoms with Crippen molar-refractivity contribution < 1.29 is 19.2 Å². The third kappa shape index (κ3) is 4.68. The summed E-state index contributed by atoms with van der Waals surface area (Å²) in [6.45, 7) is 2.62. The number of nitrogens with one attached hydrogen (secondary N) is 2. The summed E-state index contributed by atoms with van der Waals surface area (Å²) in [5.41, 5.74) is 2.83. The van der Waals surface area contributed by atoms with Crippen molar-refractivity contribution in [1.29, 1.82) is 0 Å². The fourth-order valence-corrected chi connectivity index (χ4v) is 5.32. The van der Waals surface area contributed by atoms with Crippen molar-refractivity contribution in [1.82, 2.24) is 5.48 Å². The number of carbonyl (C=O) groups excluding carboxylic acids is 3. The number of amides is 2. The standard InChI is InChI=1S/C11H9I3N2O4/c1-4(17)15-10-7(13)3-6(12)8(9(10)14)11(19)20-16-5(2)18/h3H,1-2H3,(H,15,17)(H,16,18). The molecule has 0 radical (unpaired) electrons. The van der Waals surface area contributed by atoms with Gasteiger partial charge in [-0.05, 0) is 73.8 Å². The average Bonchev–Trinajstić information content (AvgIpc) is 2.31. The quantitative estimate of drug-likeness (QED) is 0.397. The van der Waals surface area contributed by atoms with E-state index in [9.17, 15) is 14.4 Å². The summed E-state index contributed by atoms with van der Waals surface area (Å²) in [4.78, 5) is 38.6. The van der Waals surface area contributed by atoms with Crippen LogP contribution < -0.4 is 10.8 Å². The summed E-state index contributed by atoms with van der Waals surface area (Å²) in [5, 5.41) is 2.68. The van der Waals surface area contributed by atoms with Gasteiger partial charge in [-0.1, -0.05) is 0 Å². The fourth-order valence-electron chi connectivity index (χ4n) is 1.24. The Labute approximate surface area is 156 Å². The molecule has 0 bridgehead atoms. The Morgan fingerprint density at radius 3 is 2.15 bits per heavy atom. The summed E-state index contributed by atoms with van der Waals surface area (Å²) >= 11 is 6.03. The van der Waals surface area contributed by atoms with Crippen molar-refractivity contribution in [3.63, 3.8) is 0 Å². The summed E-state index contributed by atoms with van der Waals surface area (Å²) in [6.07, 6.45) is 0. The molecule has 0 saturated heterocycles. The van der Waals surface area contributed by atoms with Gasteiger partial charge in [-0.15, -0.1) is 0 Å². The van der Waals surface area contributed by atoms with Gasteiger partial charge in [0.05, 0.1) is 14.8 Å². The van der Waals surface area contributed by atoms with Crippen LogP contribution in [-0.2, 0) is 14.4 Å². The molecule has 0 spiro atoms. The second-order valence-electron chi connectivity index (χ2n) is 3.63. The van der Waals surface area contributed by atoms with Crippen LogP contribution in [0.1, 0.15) is 24.2 Å². The first-order valence-corrected chi connectivity index (χ1v) is 8.40. The molecule has 0 aliphatic rings. The van der Waals surface area contributed by atoms with Crippen LogP contribution in [0.25, 0.3) is 0 Å². The maximum Gasteiger partial charge on any atom is 0.365 e. The van der Waals surface area contributed by atoms with E-state index in [0.29, 0.717) is 18.4 Å². The summed E-state index contributed by atoms with van der Waals surface area (Å²) in [6, 6.07) is 1.75. The van der Waals surface area contributed by atoms with Crippen LogP contribution in [0.5, 0.6) is 0 Å². The molecule has 0 atom stereocenters. The van der Waals surface area contributed by atoms with Gasteiger partial charge in [0.25, 0.3) is 0 Å². The Balaban J connectivity index is 3.22. The van der Waals surface area contributed by atoms with Crippen LogP contribution in [-0.4, -0.2) is 17.8 Å². The monoisotopic (exact) mass is 614 g/mol. The molecule has 0 heterocycles. The van der Waals surface area contributed by atoms with E-state index < -0.39 is 11.9 Å². The first kappa shape index (κ1) is 17.9. The molecule has 108 valence electrons. The molecule has 0 unspecified atom stereocenters. The lowest BCUT2D eigenvalue weighted by atomic mass is 10.2. The van der Waals surface area contributed by atoms with Crippen LogP contribution in [0, 0.1) is 10.7 Å². The van der Waals surface area contributed by atoms with Gasteiger partial charge in [-0.25, -0.2) is 4.79 Å². The predicted molar refractivity (Wildman–Crippen MR) is 98.1 cm³/mol. The highest BCUT2D eigenvalue weighted by molar-refractivity contribution is 14.1. The smallest absolute Gasteiger partial charge is 0.335 e. The van der Waals surface area contributed by atoms with Crippen LogP contribution in [0.2, 0.25) is 0 Å². The van der Waals surface area contributed by atoms with Crippen molar-refractivity contribution in [2.45, 2.75) is 13.8 Å². The van der Waals surface area contributed by atoms with E-state index in [1.807, 2.05) is 50.7 Å². The van der Waals surface area contributed by atoms with Gasteiger partial charge >= 0.3 is 5.97 Å².